The Bertz CT molecular complexity index is 133. The molecule has 1 rings (SSSR count). The van der Waals surface area contributed by atoms with Crippen LogP contribution in [0.5, 0.6) is 0 Å². The SMILES string of the molecule is C[C@@H]1C=CC=C(N)C1. The molecule has 0 heterocycles. The molecule has 0 fully saturated rings. The van der Waals surface area contributed by atoms with E-state index in [2.05, 4.69) is 13.0 Å². The summed E-state index contributed by atoms with van der Waals surface area (Å²) < 4.78 is 0. The average molecular weight is 109 g/mol. The Kier molecular flexibility index (Phi) is 1.38. The zero-order chi connectivity index (χ0) is 5.98. The van der Waals surface area contributed by atoms with Crippen LogP contribution in [0.25, 0.3) is 0 Å². The van der Waals surface area contributed by atoms with Gasteiger partial charge in [0.1, 0.15) is 0 Å². The molecule has 0 spiro atoms. The molecule has 8 heavy (non-hydrogen) atoms. The van der Waals surface area contributed by atoms with Crippen molar-refractivity contribution in [2.45, 2.75) is 13.3 Å². The molecule has 0 saturated heterocycles. The molecule has 0 aromatic carbocycles. The fraction of sp³-hybridized carbons (Fsp3) is 0.429. The van der Waals surface area contributed by atoms with E-state index in [1.165, 1.54) is 0 Å². The van der Waals surface area contributed by atoms with Crippen LogP contribution in [0.3, 0.4) is 0 Å². The highest BCUT2D eigenvalue weighted by Crippen LogP contribution is 2.12. The zero-order valence-corrected chi connectivity index (χ0v) is 5.09. The van der Waals surface area contributed by atoms with Gasteiger partial charge in [-0.1, -0.05) is 19.1 Å². The Balaban J connectivity index is 2.59. The van der Waals surface area contributed by atoms with Gasteiger partial charge in [-0.25, -0.2) is 0 Å². The van der Waals surface area contributed by atoms with Crippen LogP contribution in [0.15, 0.2) is 23.9 Å². The molecular formula is C7H11N. The van der Waals surface area contributed by atoms with Crippen LogP contribution in [0.2, 0.25) is 0 Å². The summed E-state index contributed by atoms with van der Waals surface area (Å²) in [6, 6.07) is 0. The van der Waals surface area contributed by atoms with Gasteiger partial charge < -0.3 is 5.73 Å². The maximum atomic E-state index is 5.54. The minimum Gasteiger partial charge on any atom is -0.402 e. The molecule has 1 nitrogen and oxygen atoms in total. The van der Waals surface area contributed by atoms with Crippen LogP contribution in [-0.2, 0) is 0 Å². The van der Waals surface area contributed by atoms with Crippen molar-refractivity contribution in [2.24, 2.45) is 11.7 Å². The van der Waals surface area contributed by atoms with E-state index < -0.39 is 0 Å². The summed E-state index contributed by atoms with van der Waals surface area (Å²) in [6.07, 6.45) is 7.16. The molecule has 2 N–H and O–H groups in total. The fourth-order valence-corrected chi connectivity index (χ4v) is 0.877. The lowest BCUT2D eigenvalue weighted by Gasteiger charge is -2.08. The molecule has 44 valence electrons. The van der Waals surface area contributed by atoms with E-state index in [1.807, 2.05) is 12.2 Å². The second kappa shape index (κ2) is 2.03. The Morgan fingerprint density at radius 2 is 2.50 bits per heavy atom. The first-order valence-electron chi connectivity index (χ1n) is 2.92. The van der Waals surface area contributed by atoms with Gasteiger partial charge in [-0.3, -0.25) is 0 Å². The molecule has 1 aliphatic rings. The highest BCUT2D eigenvalue weighted by molar-refractivity contribution is 5.16. The standard InChI is InChI=1S/C7H11N/c1-6-3-2-4-7(8)5-6/h2-4,6H,5,8H2,1H3/t6-/m1/s1. The molecule has 1 heteroatoms. The minimum absolute atomic E-state index is 0.639. The van der Waals surface area contributed by atoms with Crippen molar-refractivity contribution in [3.63, 3.8) is 0 Å². The molecule has 0 aromatic heterocycles. The van der Waals surface area contributed by atoms with Gasteiger partial charge in [0.05, 0.1) is 0 Å². The second-order valence-corrected chi connectivity index (χ2v) is 2.31. The van der Waals surface area contributed by atoms with Crippen LogP contribution in [0, 0.1) is 5.92 Å². The summed E-state index contributed by atoms with van der Waals surface area (Å²) in [5, 5.41) is 0. The molecule has 1 atom stereocenters. The molecule has 1 aliphatic carbocycles. The van der Waals surface area contributed by atoms with E-state index in [1.54, 1.807) is 0 Å². The van der Waals surface area contributed by atoms with Gasteiger partial charge in [0.2, 0.25) is 0 Å². The van der Waals surface area contributed by atoms with E-state index >= 15 is 0 Å². The van der Waals surface area contributed by atoms with Crippen LogP contribution >= 0.6 is 0 Å². The Labute approximate surface area is 49.9 Å². The Morgan fingerprint density at radius 3 is 2.88 bits per heavy atom. The quantitative estimate of drug-likeness (QED) is 0.500. The van der Waals surface area contributed by atoms with Gasteiger partial charge in [0, 0.05) is 5.70 Å². The lowest BCUT2D eigenvalue weighted by molar-refractivity contribution is 0.701. The maximum absolute atomic E-state index is 5.54. The van der Waals surface area contributed by atoms with Crippen LogP contribution in [0.1, 0.15) is 13.3 Å². The van der Waals surface area contributed by atoms with Gasteiger partial charge in [0.25, 0.3) is 0 Å². The molecule has 0 saturated carbocycles. The third-order valence-electron chi connectivity index (χ3n) is 1.31. The molecule has 0 unspecified atom stereocenters. The van der Waals surface area contributed by atoms with Crippen LogP contribution in [0.4, 0.5) is 0 Å². The predicted octanol–water partition coefficient (Wildman–Crippen LogP) is 1.43. The number of hydrogen-bond donors (Lipinski definition) is 1. The minimum atomic E-state index is 0.639. The van der Waals surface area contributed by atoms with Crippen molar-refractivity contribution in [3.05, 3.63) is 23.9 Å². The highest BCUT2D eigenvalue weighted by atomic mass is 14.6. The van der Waals surface area contributed by atoms with Crippen LogP contribution < -0.4 is 5.73 Å². The van der Waals surface area contributed by atoms with E-state index in [-0.39, 0.29) is 0 Å². The fourth-order valence-electron chi connectivity index (χ4n) is 0.877. The van der Waals surface area contributed by atoms with Crippen molar-refractivity contribution in [3.8, 4) is 0 Å². The summed E-state index contributed by atoms with van der Waals surface area (Å²) in [5.41, 5.74) is 6.54. The summed E-state index contributed by atoms with van der Waals surface area (Å²) in [7, 11) is 0. The van der Waals surface area contributed by atoms with Crippen LogP contribution in [-0.4, -0.2) is 0 Å². The Morgan fingerprint density at radius 1 is 1.75 bits per heavy atom. The number of rotatable bonds is 0. The monoisotopic (exact) mass is 109 g/mol. The lowest BCUT2D eigenvalue weighted by Crippen LogP contribution is -2.04. The van der Waals surface area contributed by atoms with Gasteiger partial charge >= 0.3 is 0 Å². The Hall–Kier alpha value is -0.720. The van der Waals surface area contributed by atoms with Crippen molar-refractivity contribution in [1.29, 1.82) is 0 Å². The number of allylic oxidation sites excluding steroid dienone is 4. The first kappa shape index (κ1) is 5.42. The molecule has 0 radical (unpaired) electrons. The first-order chi connectivity index (χ1) is 3.79. The molecule has 0 bridgehead atoms. The molecule has 0 aliphatic heterocycles. The largest absolute Gasteiger partial charge is 0.402 e. The van der Waals surface area contributed by atoms with Crippen molar-refractivity contribution >= 4 is 0 Å². The number of nitrogens with two attached hydrogens (primary N) is 1. The summed E-state index contributed by atoms with van der Waals surface area (Å²) in [6.45, 7) is 2.16. The maximum Gasteiger partial charge on any atom is 0.00861 e. The predicted molar refractivity (Wildman–Crippen MR) is 35.2 cm³/mol. The van der Waals surface area contributed by atoms with Gasteiger partial charge in [-0.2, -0.15) is 0 Å². The van der Waals surface area contributed by atoms with Gasteiger partial charge in [-0.15, -0.1) is 0 Å². The smallest absolute Gasteiger partial charge is 0.00861 e. The topological polar surface area (TPSA) is 26.0 Å². The average Bonchev–Trinajstić information content (AvgIpc) is 1.64. The first-order valence-corrected chi connectivity index (χ1v) is 2.92. The summed E-state index contributed by atoms with van der Waals surface area (Å²) in [5.74, 6) is 0.639. The second-order valence-electron chi connectivity index (χ2n) is 2.31. The highest BCUT2D eigenvalue weighted by Gasteiger charge is 2.00. The third-order valence-corrected chi connectivity index (χ3v) is 1.31. The van der Waals surface area contributed by atoms with Gasteiger partial charge in [0.15, 0.2) is 0 Å². The molecule has 0 aromatic rings. The number of hydrogen-bond acceptors (Lipinski definition) is 1. The molecule has 0 amide bonds. The van der Waals surface area contributed by atoms with Gasteiger partial charge in [-0.05, 0) is 18.4 Å². The van der Waals surface area contributed by atoms with E-state index in [9.17, 15) is 0 Å². The molecular weight excluding hydrogens is 98.1 g/mol. The van der Waals surface area contributed by atoms with E-state index in [0.29, 0.717) is 5.92 Å². The van der Waals surface area contributed by atoms with Crippen molar-refractivity contribution in [2.75, 3.05) is 0 Å². The third kappa shape index (κ3) is 1.12. The van der Waals surface area contributed by atoms with E-state index in [4.69, 9.17) is 5.73 Å². The normalized spacial score (nSPS) is 27.6. The summed E-state index contributed by atoms with van der Waals surface area (Å²) in [4.78, 5) is 0. The summed E-state index contributed by atoms with van der Waals surface area (Å²) >= 11 is 0. The zero-order valence-electron chi connectivity index (χ0n) is 5.09. The van der Waals surface area contributed by atoms with Crippen molar-refractivity contribution < 1.29 is 0 Å². The lowest BCUT2D eigenvalue weighted by atomic mass is 10.0. The van der Waals surface area contributed by atoms with E-state index in [0.717, 1.165) is 12.1 Å². The van der Waals surface area contributed by atoms with Crippen molar-refractivity contribution in [1.82, 2.24) is 0 Å².